The fourth-order valence-electron chi connectivity index (χ4n) is 1.57. The average molecular weight is 255 g/mol. The highest BCUT2D eigenvalue weighted by molar-refractivity contribution is 5.38. The molecule has 0 aromatic carbocycles. The van der Waals surface area contributed by atoms with Crippen LogP contribution in [-0.4, -0.2) is 29.2 Å². The molecule has 1 rings (SSSR count). The van der Waals surface area contributed by atoms with Crippen molar-refractivity contribution in [2.24, 2.45) is 5.92 Å². The highest BCUT2D eigenvalue weighted by Crippen LogP contribution is 2.16. The number of nitrogens with one attached hydrogen (secondary N) is 1. The first kappa shape index (κ1) is 14.8. The van der Waals surface area contributed by atoms with Gasteiger partial charge >= 0.3 is 0 Å². The third-order valence-electron chi connectivity index (χ3n) is 2.82. The van der Waals surface area contributed by atoms with Crippen LogP contribution in [0, 0.1) is 11.7 Å². The third-order valence-corrected chi connectivity index (χ3v) is 2.82. The lowest BCUT2D eigenvalue weighted by atomic mass is 10.1. The van der Waals surface area contributed by atoms with Crippen LogP contribution in [0.5, 0.6) is 0 Å². The minimum Gasteiger partial charge on any atom is -0.380 e. The third kappa shape index (κ3) is 3.91. The van der Waals surface area contributed by atoms with Crippen molar-refractivity contribution in [2.75, 3.05) is 18.5 Å². The van der Waals surface area contributed by atoms with E-state index in [1.54, 1.807) is 0 Å². The Labute approximate surface area is 108 Å². The van der Waals surface area contributed by atoms with E-state index >= 15 is 0 Å². The zero-order valence-electron chi connectivity index (χ0n) is 11.5. The highest BCUT2D eigenvalue weighted by Gasteiger charge is 2.17. The van der Waals surface area contributed by atoms with E-state index in [0.717, 1.165) is 0 Å². The monoisotopic (exact) mass is 255 g/mol. The lowest BCUT2D eigenvalue weighted by Crippen LogP contribution is -2.32. The molecular formula is C13H22FN3O. The number of ether oxygens (including phenoxy) is 1. The first-order valence-corrected chi connectivity index (χ1v) is 6.43. The van der Waals surface area contributed by atoms with Crippen molar-refractivity contribution >= 4 is 5.82 Å². The predicted octanol–water partition coefficient (Wildman–Crippen LogP) is 2.65. The number of halogens is 1. The number of aryl methyl sites for hydroxylation is 1. The fourth-order valence-corrected chi connectivity index (χ4v) is 1.57. The van der Waals surface area contributed by atoms with Gasteiger partial charge in [0.05, 0.1) is 18.3 Å². The van der Waals surface area contributed by atoms with Crippen LogP contribution < -0.4 is 5.32 Å². The first-order valence-electron chi connectivity index (χ1n) is 6.43. The number of rotatable bonds is 7. The molecule has 1 aromatic rings. The molecule has 18 heavy (non-hydrogen) atoms. The van der Waals surface area contributed by atoms with Crippen molar-refractivity contribution in [3.8, 4) is 0 Å². The van der Waals surface area contributed by atoms with Gasteiger partial charge < -0.3 is 10.1 Å². The van der Waals surface area contributed by atoms with E-state index < -0.39 is 0 Å². The molecule has 1 N–H and O–H groups in total. The van der Waals surface area contributed by atoms with E-state index in [2.05, 4.69) is 29.1 Å². The van der Waals surface area contributed by atoms with Gasteiger partial charge in [0, 0.05) is 6.61 Å². The van der Waals surface area contributed by atoms with Gasteiger partial charge in [-0.1, -0.05) is 20.8 Å². The van der Waals surface area contributed by atoms with Crippen molar-refractivity contribution in [1.82, 2.24) is 9.97 Å². The standard InChI is InChI=1S/C13H22FN3O/c1-5-10-12(14)13(16-8-15-10)17-11(9(3)4)7-18-6-2/h8-9,11H,5-7H2,1-4H3,(H,15,16,17). The maximum Gasteiger partial charge on any atom is 0.186 e. The van der Waals surface area contributed by atoms with Crippen LogP contribution in [0.4, 0.5) is 10.2 Å². The second-order valence-corrected chi connectivity index (χ2v) is 4.49. The molecule has 0 aliphatic heterocycles. The summed E-state index contributed by atoms with van der Waals surface area (Å²) in [5.74, 6) is 0.235. The van der Waals surface area contributed by atoms with E-state index in [4.69, 9.17) is 4.74 Å². The van der Waals surface area contributed by atoms with Crippen LogP contribution in [0.15, 0.2) is 6.33 Å². The summed E-state index contributed by atoms with van der Waals surface area (Å²) in [5.41, 5.74) is 0.436. The molecule has 1 atom stereocenters. The summed E-state index contributed by atoms with van der Waals surface area (Å²) >= 11 is 0. The number of aromatic nitrogens is 2. The van der Waals surface area contributed by atoms with Gasteiger partial charge in [-0.2, -0.15) is 0 Å². The first-order chi connectivity index (χ1) is 8.60. The Kier molecular flexibility index (Phi) is 5.98. The van der Waals surface area contributed by atoms with E-state index in [1.165, 1.54) is 6.33 Å². The number of nitrogens with zero attached hydrogens (tertiary/aromatic N) is 2. The smallest absolute Gasteiger partial charge is 0.186 e. The molecule has 1 heterocycles. The highest BCUT2D eigenvalue weighted by atomic mass is 19.1. The minimum atomic E-state index is -0.359. The van der Waals surface area contributed by atoms with Crippen LogP contribution in [0.2, 0.25) is 0 Å². The van der Waals surface area contributed by atoms with Crippen LogP contribution in [0.25, 0.3) is 0 Å². The summed E-state index contributed by atoms with van der Waals surface area (Å²) in [6.45, 7) is 9.14. The Hall–Kier alpha value is -1.23. The summed E-state index contributed by atoms with van der Waals surface area (Å²) in [6.07, 6.45) is 1.95. The Balaban J connectivity index is 2.80. The van der Waals surface area contributed by atoms with Crippen LogP contribution in [-0.2, 0) is 11.2 Å². The van der Waals surface area contributed by atoms with Crippen molar-refractivity contribution in [3.63, 3.8) is 0 Å². The number of hydrogen-bond donors (Lipinski definition) is 1. The minimum absolute atomic E-state index is 0.0408. The van der Waals surface area contributed by atoms with E-state index in [-0.39, 0.29) is 17.7 Å². The van der Waals surface area contributed by atoms with Gasteiger partial charge in [0.25, 0.3) is 0 Å². The molecule has 1 aromatic heterocycles. The molecule has 0 bridgehead atoms. The molecule has 1 unspecified atom stereocenters. The zero-order valence-corrected chi connectivity index (χ0v) is 11.5. The van der Waals surface area contributed by atoms with Gasteiger partial charge in [-0.05, 0) is 19.3 Å². The van der Waals surface area contributed by atoms with Crippen LogP contribution >= 0.6 is 0 Å². The van der Waals surface area contributed by atoms with Crippen LogP contribution in [0.1, 0.15) is 33.4 Å². The van der Waals surface area contributed by atoms with Gasteiger partial charge in [-0.25, -0.2) is 14.4 Å². The molecule has 0 amide bonds. The maximum atomic E-state index is 14.0. The van der Waals surface area contributed by atoms with E-state index in [9.17, 15) is 4.39 Å². The molecule has 0 fully saturated rings. The second kappa shape index (κ2) is 7.26. The van der Waals surface area contributed by atoms with E-state index in [0.29, 0.717) is 31.2 Å². The van der Waals surface area contributed by atoms with Crippen molar-refractivity contribution in [2.45, 2.75) is 40.2 Å². The summed E-state index contributed by atoms with van der Waals surface area (Å²) < 4.78 is 19.4. The molecule has 0 aliphatic carbocycles. The molecular weight excluding hydrogens is 233 g/mol. The van der Waals surface area contributed by atoms with Gasteiger partial charge in [-0.3, -0.25) is 0 Å². The Morgan fingerprint density at radius 1 is 1.33 bits per heavy atom. The van der Waals surface area contributed by atoms with Gasteiger partial charge in [0.1, 0.15) is 6.33 Å². The van der Waals surface area contributed by atoms with E-state index in [1.807, 2.05) is 13.8 Å². The van der Waals surface area contributed by atoms with Crippen molar-refractivity contribution < 1.29 is 9.13 Å². The largest absolute Gasteiger partial charge is 0.380 e. The molecule has 0 saturated heterocycles. The Morgan fingerprint density at radius 2 is 2.06 bits per heavy atom. The average Bonchev–Trinajstić information content (AvgIpc) is 2.36. The molecule has 0 spiro atoms. The number of hydrogen-bond acceptors (Lipinski definition) is 4. The SMILES string of the molecule is CCOCC(Nc1ncnc(CC)c1F)C(C)C. The van der Waals surface area contributed by atoms with Crippen molar-refractivity contribution in [3.05, 3.63) is 17.8 Å². The molecule has 0 aliphatic rings. The molecule has 5 heteroatoms. The van der Waals surface area contributed by atoms with Gasteiger partial charge in [0.15, 0.2) is 11.6 Å². The van der Waals surface area contributed by atoms with Crippen molar-refractivity contribution in [1.29, 1.82) is 0 Å². The Morgan fingerprint density at radius 3 is 2.61 bits per heavy atom. The maximum absolute atomic E-state index is 14.0. The zero-order chi connectivity index (χ0) is 13.5. The van der Waals surface area contributed by atoms with Gasteiger partial charge in [-0.15, -0.1) is 0 Å². The summed E-state index contributed by atoms with van der Waals surface area (Å²) in [4.78, 5) is 7.88. The lowest BCUT2D eigenvalue weighted by Gasteiger charge is -2.23. The van der Waals surface area contributed by atoms with Gasteiger partial charge in [0.2, 0.25) is 0 Å². The molecule has 0 saturated carbocycles. The summed E-state index contributed by atoms with van der Waals surface area (Å²) in [7, 11) is 0. The lowest BCUT2D eigenvalue weighted by molar-refractivity contribution is 0.126. The topological polar surface area (TPSA) is 47.0 Å². The second-order valence-electron chi connectivity index (χ2n) is 4.49. The fraction of sp³-hybridized carbons (Fsp3) is 0.692. The normalized spacial score (nSPS) is 12.8. The quantitative estimate of drug-likeness (QED) is 0.813. The molecule has 102 valence electrons. The number of anilines is 1. The summed E-state index contributed by atoms with van der Waals surface area (Å²) in [6, 6.07) is 0.0408. The Bertz CT molecular complexity index is 371. The predicted molar refractivity (Wildman–Crippen MR) is 70.1 cm³/mol. The van der Waals surface area contributed by atoms with Crippen LogP contribution in [0.3, 0.4) is 0 Å². The molecule has 0 radical (unpaired) electrons. The molecule has 4 nitrogen and oxygen atoms in total. The summed E-state index contributed by atoms with van der Waals surface area (Å²) in [5, 5.41) is 3.11.